The summed E-state index contributed by atoms with van der Waals surface area (Å²) in [5.41, 5.74) is 2.45. The van der Waals surface area contributed by atoms with Gasteiger partial charge in [0.2, 0.25) is 5.91 Å². The molecule has 1 amide bonds. The summed E-state index contributed by atoms with van der Waals surface area (Å²) >= 11 is 0. The molecule has 1 aromatic rings. The first-order chi connectivity index (χ1) is 9.58. The zero-order chi connectivity index (χ0) is 14.5. The molecule has 1 aliphatic heterocycles. The highest BCUT2D eigenvalue weighted by molar-refractivity contribution is 5.85. The monoisotopic (exact) mass is 310 g/mol. The number of carbonyl (C=O) groups excluding carboxylic acids is 1. The maximum atomic E-state index is 12.3. The van der Waals surface area contributed by atoms with E-state index in [-0.39, 0.29) is 24.4 Å². The van der Waals surface area contributed by atoms with Crippen LogP contribution in [0.4, 0.5) is 0 Å². The summed E-state index contributed by atoms with van der Waals surface area (Å²) in [5, 5.41) is 3.45. The van der Waals surface area contributed by atoms with Crippen molar-refractivity contribution in [3.8, 4) is 0 Å². The minimum absolute atomic E-state index is 0. The predicted octanol–water partition coefficient (Wildman–Crippen LogP) is 3.47. The molecule has 0 bridgehead atoms. The second-order valence-corrected chi connectivity index (χ2v) is 5.92. The lowest BCUT2D eigenvalue weighted by atomic mass is 10.0. The highest BCUT2D eigenvalue weighted by atomic mass is 35.5. The van der Waals surface area contributed by atoms with Crippen molar-refractivity contribution in [2.45, 2.75) is 51.6 Å². The Morgan fingerprint density at radius 3 is 2.62 bits per heavy atom. The molecule has 118 valence electrons. The van der Waals surface area contributed by atoms with Crippen LogP contribution in [0, 0.1) is 6.92 Å². The van der Waals surface area contributed by atoms with Crippen molar-refractivity contribution in [3.05, 3.63) is 35.4 Å². The summed E-state index contributed by atoms with van der Waals surface area (Å²) in [7, 11) is 1.91. The highest BCUT2D eigenvalue weighted by Gasteiger charge is 2.20. The molecule has 0 radical (unpaired) electrons. The van der Waals surface area contributed by atoms with Crippen molar-refractivity contribution in [2.24, 2.45) is 0 Å². The first kappa shape index (κ1) is 18.0. The minimum atomic E-state index is 0. The maximum Gasteiger partial charge on any atom is 0.222 e. The molecule has 1 aromatic carbocycles. The molecule has 1 heterocycles. The Labute approximate surface area is 134 Å². The lowest BCUT2D eigenvalue weighted by Gasteiger charge is -2.26. The lowest BCUT2D eigenvalue weighted by Crippen LogP contribution is -2.31. The van der Waals surface area contributed by atoms with Gasteiger partial charge in [-0.05, 0) is 45.2 Å². The molecule has 0 aromatic heterocycles. The van der Waals surface area contributed by atoms with E-state index in [0.29, 0.717) is 12.5 Å². The van der Waals surface area contributed by atoms with Crippen molar-refractivity contribution in [2.75, 3.05) is 13.6 Å². The fourth-order valence-electron chi connectivity index (χ4n) is 2.76. The summed E-state index contributed by atoms with van der Waals surface area (Å²) in [4.78, 5) is 14.2. The average Bonchev–Trinajstić information content (AvgIpc) is 2.97. The molecule has 1 N–H and O–H groups in total. The molecular weight excluding hydrogens is 284 g/mol. The van der Waals surface area contributed by atoms with Gasteiger partial charge in [0, 0.05) is 19.5 Å². The number of nitrogens with zero attached hydrogens (tertiary/aromatic N) is 1. The molecule has 1 saturated heterocycles. The van der Waals surface area contributed by atoms with Gasteiger partial charge in [0.15, 0.2) is 0 Å². The van der Waals surface area contributed by atoms with Gasteiger partial charge in [-0.3, -0.25) is 4.79 Å². The second kappa shape index (κ2) is 8.40. The number of rotatable bonds is 5. The smallest absolute Gasteiger partial charge is 0.222 e. The van der Waals surface area contributed by atoms with Crippen molar-refractivity contribution in [1.82, 2.24) is 10.2 Å². The van der Waals surface area contributed by atoms with Gasteiger partial charge in [-0.1, -0.05) is 29.8 Å². The molecule has 3 nitrogen and oxygen atoms in total. The van der Waals surface area contributed by atoms with E-state index >= 15 is 0 Å². The molecule has 2 atom stereocenters. The van der Waals surface area contributed by atoms with Crippen molar-refractivity contribution in [3.63, 3.8) is 0 Å². The molecule has 4 heteroatoms. The number of benzene rings is 1. The Morgan fingerprint density at radius 1 is 1.38 bits per heavy atom. The number of hydrogen-bond acceptors (Lipinski definition) is 2. The van der Waals surface area contributed by atoms with E-state index in [1.807, 2.05) is 11.9 Å². The molecule has 0 saturated carbocycles. The van der Waals surface area contributed by atoms with Crippen molar-refractivity contribution >= 4 is 18.3 Å². The van der Waals surface area contributed by atoms with Crippen LogP contribution in [-0.4, -0.2) is 30.4 Å². The molecular formula is C17H27ClN2O. The summed E-state index contributed by atoms with van der Waals surface area (Å²) in [6, 6.07) is 9.12. The lowest BCUT2D eigenvalue weighted by molar-refractivity contribution is -0.132. The molecule has 1 aliphatic rings. The maximum absolute atomic E-state index is 12.3. The van der Waals surface area contributed by atoms with E-state index in [1.165, 1.54) is 24.0 Å². The number of aryl methyl sites for hydroxylation is 1. The van der Waals surface area contributed by atoms with Gasteiger partial charge in [-0.25, -0.2) is 0 Å². The van der Waals surface area contributed by atoms with E-state index in [0.717, 1.165) is 13.0 Å². The number of nitrogens with one attached hydrogen (secondary N) is 1. The number of amides is 1. The van der Waals surface area contributed by atoms with Gasteiger partial charge in [-0.2, -0.15) is 0 Å². The van der Waals surface area contributed by atoms with Gasteiger partial charge < -0.3 is 10.2 Å². The largest absolute Gasteiger partial charge is 0.339 e. The fourth-order valence-corrected chi connectivity index (χ4v) is 2.76. The van der Waals surface area contributed by atoms with Gasteiger partial charge in [0.1, 0.15) is 0 Å². The topological polar surface area (TPSA) is 32.3 Å². The summed E-state index contributed by atoms with van der Waals surface area (Å²) in [6.45, 7) is 5.28. The zero-order valence-corrected chi connectivity index (χ0v) is 14.1. The van der Waals surface area contributed by atoms with E-state index in [2.05, 4.69) is 43.4 Å². The summed E-state index contributed by atoms with van der Waals surface area (Å²) in [5.74, 6) is 0.242. The Hall–Kier alpha value is -1.06. The zero-order valence-electron chi connectivity index (χ0n) is 13.3. The second-order valence-electron chi connectivity index (χ2n) is 5.92. The Bertz CT molecular complexity index is 441. The van der Waals surface area contributed by atoms with Crippen LogP contribution in [0.25, 0.3) is 0 Å². The van der Waals surface area contributed by atoms with Crippen LogP contribution in [0.3, 0.4) is 0 Å². The predicted molar refractivity (Wildman–Crippen MR) is 89.9 cm³/mol. The van der Waals surface area contributed by atoms with Crippen LogP contribution < -0.4 is 5.32 Å². The summed E-state index contributed by atoms with van der Waals surface area (Å²) < 4.78 is 0. The third-order valence-electron chi connectivity index (χ3n) is 4.40. The number of carbonyl (C=O) groups is 1. The molecule has 0 aliphatic carbocycles. The highest BCUT2D eigenvalue weighted by Crippen LogP contribution is 2.21. The molecule has 2 unspecified atom stereocenters. The van der Waals surface area contributed by atoms with E-state index in [9.17, 15) is 4.79 Å². The van der Waals surface area contributed by atoms with E-state index in [1.54, 1.807) is 0 Å². The van der Waals surface area contributed by atoms with Gasteiger partial charge in [0.25, 0.3) is 0 Å². The van der Waals surface area contributed by atoms with Crippen LogP contribution >= 0.6 is 12.4 Å². The Balaban J connectivity index is 0.00000220. The quantitative estimate of drug-likeness (QED) is 0.903. The third-order valence-corrected chi connectivity index (χ3v) is 4.40. The minimum Gasteiger partial charge on any atom is -0.339 e. The van der Waals surface area contributed by atoms with E-state index in [4.69, 9.17) is 0 Å². The fraction of sp³-hybridized carbons (Fsp3) is 0.588. The number of halogens is 1. The molecule has 0 spiro atoms. The summed E-state index contributed by atoms with van der Waals surface area (Å²) in [6.07, 6.45) is 4.06. The SMILES string of the molecule is Cc1ccc(C(C)N(C)C(=O)CCC2CCCN2)cc1.Cl. The average molecular weight is 311 g/mol. The van der Waals surface area contributed by atoms with Crippen LogP contribution in [0.15, 0.2) is 24.3 Å². The molecule has 1 fully saturated rings. The Morgan fingerprint density at radius 2 is 2.05 bits per heavy atom. The standard InChI is InChI=1S/C17H26N2O.ClH/c1-13-6-8-15(9-7-13)14(2)19(3)17(20)11-10-16-5-4-12-18-16;/h6-9,14,16,18H,4-5,10-12H2,1-3H3;1H. The van der Waals surface area contributed by atoms with Gasteiger partial charge in [-0.15, -0.1) is 12.4 Å². The first-order valence-corrected chi connectivity index (χ1v) is 7.63. The van der Waals surface area contributed by atoms with Crippen LogP contribution in [0.2, 0.25) is 0 Å². The first-order valence-electron chi connectivity index (χ1n) is 7.63. The van der Waals surface area contributed by atoms with Gasteiger partial charge in [0.05, 0.1) is 6.04 Å². The van der Waals surface area contributed by atoms with Gasteiger partial charge >= 0.3 is 0 Å². The normalized spacial score (nSPS) is 18.9. The molecule has 21 heavy (non-hydrogen) atoms. The van der Waals surface area contributed by atoms with Crippen LogP contribution in [0.5, 0.6) is 0 Å². The van der Waals surface area contributed by atoms with Crippen LogP contribution in [-0.2, 0) is 4.79 Å². The van der Waals surface area contributed by atoms with E-state index < -0.39 is 0 Å². The third kappa shape index (κ3) is 5.01. The van der Waals surface area contributed by atoms with Crippen molar-refractivity contribution < 1.29 is 4.79 Å². The van der Waals surface area contributed by atoms with Crippen LogP contribution in [0.1, 0.15) is 49.8 Å². The van der Waals surface area contributed by atoms with Crippen molar-refractivity contribution in [1.29, 1.82) is 0 Å². The Kier molecular flexibility index (Phi) is 7.20. The molecule has 2 rings (SSSR count). The number of hydrogen-bond donors (Lipinski definition) is 1.